The Labute approximate surface area is 206 Å². The van der Waals surface area contributed by atoms with Crippen molar-refractivity contribution in [1.82, 2.24) is 15.5 Å². The molecule has 2 rings (SSSR count). The van der Waals surface area contributed by atoms with Gasteiger partial charge in [0.2, 0.25) is 17.7 Å². The van der Waals surface area contributed by atoms with Gasteiger partial charge >= 0.3 is 5.97 Å². The highest BCUT2D eigenvalue weighted by atomic mass is 35.5. The molecule has 1 aliphatic rings. The fourth-order valence-electron chi connectivity index (χ4n) is 3.67. The summed E-state index contributed by atoms with van der Waals surface area (Å²) < 4.78 is 5.22. The second kappa shape index (κ2) is 12.2. The molecule has 3 atom stereocenters. The van der Waals surface area contributed by atoms with Crippen LogP contribution in [0.3, 0.4) is 0 Å². The average molecular weight is 511 g/mol. The van der Waals surface area contributed by atoms with Gasteiger partial charge in [0, 0.05) is 19.5 Å². The number of halogens is 1. The quantitative estimate of drug-likeness (QED) is 0.331. The van der Waals surface area contributed by atoms with Crippen molar-refractivity contribution in [3.8, 4) is 5.75 Å². The van der Waals surface area contributed by atoms with E-state index in [9.17, 15) is 28.8 Å². The minimum absolute atomic E-state index is 0.0319. The molecule has 12 nitrogen and oxygen atoms in total. The van der Waals surface area contributed by atoms with Crippen molar-refractivity contribution >= 4 is 53.2 Å². The highest BCUT2D eigenvalue weighted by molar-refractivity contribution is 6.34. The Balaban J connectivity index is 2.12. The van der Waals surface area contributed by atoms with Crippen LogP contribution in [-0.2, 0) is 24.0 Å². The fraction of sp³-hybridized carbons (Fsp3) is 0.455. The van der Waals surface area contributed by atoms with Gasteiger partial charge in [0.1, 0.15) is 24.1 Å². The Hall–Kier alpha value is -3.67. The molecule has 0 aromatic heterocycles. The first-order valence-corrected chi connectivity index (χ1v) is 11.1. The van der Waals surface area contributed by atoms with E-state index >= 15 is 0 Å². The Morgan fingerprint density at radius 1 is 1.26 bits per heavy atom. The molecule has 1 aromatic rings. The average Bonchev–Trinajstić information content (AvgIpc) is 3.28. The Morgan fingerprint density at radius 3 is 2.51 bits per heavy atom. The number of anilines is 1. The van der Waals surface area contributed by atoms with Crippen molar-refractivity contribution in [3.63, 3.8) is 0 Å². The molecule has 1 fully saturated rings. The monoisotopic (exact) mass is 510 g/mol. The number of nitrogens with zero attached hydrogens (tertiary/aromatic N) is 1. The molecule has 35 heavy (non-hydrogen) atoms. The van der Waals surface area contributed by atoms with Gasteiger partial charge in [0.15, 0.2) is 0 Å². The van der Waals surface area contributed by atoms with E-state index in [2.05, 4.69) is 16.0 Å². The highest BCUT2D eigenvalue weighted by Crippen LogP contribution is 2.31. The van der Waals surface area contributed by atoms with Crippen LogP contribution in [0.2, 0.25) is 5.02 Å². The number of methoxy groups -OCH3 is 1. The number of carbonyl (C=O) groups excluding carboxylic acids is 5. The Kier molecular flexibility index (Phi) is 9.58. The minimum atomic E-state index is -1.25. The van der Waals surface area contributed by atoms with Gasteiger partial charge in [-0.2, -0.15) is 0 Å². The molecule has 0 aliphatic carbocycles. The fourth-order valence-corrected chi connectivity index (χ4v) is 3.88. The maximum absolute atomic E-state index is 13.0. The van der Waals surface area contributed by atoms with Gasteiger partial charge in [0.25, 0.3) is 5.91 Å². The van der Waals surface area contributed by atoms with Crippen molar-refractivity contribution in [1.29, 1.82) is 0 Å². The number of likely N-dealkylation sites (tertiary alicyclic amines) is 1. The van der Waals surface area contributed by atoms with Crippen LogP contribution in [0.1, 0.15) is 43.5 Å². The molecule has 1 aliphatic heterocycles. The van der Waals surface area contributed by atoms with E-state index in [-0.39, 0.29) is 34.5 Å². The number of nitrogens with one attached hydrogen (secondary N) is 3. The molecule has 0 radical (unpaired) electrons. The molecule has 0 saturated carbocycles. The van der Waals surface area contributed by atoms with Gasteiger partial charge in [-0.25, -0.2) is 0 Å². The number of benzene rings is 1. The number of carboxylic acid groups (broad SMARTS) is 1. The van der Waals surface area contributed by atoms with Gasteiger partial charge in [-0.1, -0.05) is 11.6 Å². The van der Waals surface area contributed by atoms with E-state index in [4.69, 9.17) is 21.4 Å². The third kappa shape index (κ3) is 7.15. The lowest BCUT2D eigenvalue weighted by molar-refractivity contribution is -0.141. The first-order valence-electron chi connectivity index (χ1n) is 10.7. The summed E-state index contributed by atoms with van der Waals surface area (Å²) in [7, 11) is 1.33. The molecular formula is C22H27ClN4O8. The number of carbonyl (C=O) groups is 6. The number of hydrogen-bond donors (Lipinski definition) is 4. The lowest BCUT2D eigenvalue weighted by atomic mass is 10.1. The van der Waals surface area contributed by atoms with E-state index in [1.807, 2.05) is 0 Å². The molecule has 1 saturated heterocycles. The minimum Gasteiger partial charge on any atom is -0.496 e. The summed E-state index contributed by atoms with van der Waals surface area (Å²) in [6, 6.07) is -0.472. The lowest BCUT2D eigenvalue weighted by Crippen LogP contribution is -2.54. The summed E-state index contributed by atoms with van der Waals surface area (Å²) in [4.78, 5) is 73.0. The zero-order chi connectivity index (χ0) is 26.3. The second-order valence-electron chi connectivity index (χ2n) is 7.95. The summed E-state index contributed by atoms with van der Waals surface area (Å²) in [5.41, 5.74) is 0.281. The smallest absolute Gasteiger partial charge is 0.305 e. The third-order valence-electron chi connectivity index (χ3n) is 5.29. The normalized spacial score (nSPS) is 16.6. The number of ether oxygens (including phenoxy) is 1. The van der Waals surface area contributed by atoms with Crippen molar-refractivity contribution in [2.75, 3.05) is 19.0 Å². The zero-order valence-corrected chi connectivity index (χ0v) is 20.2. The van der Waals surface area contributed by atoms with Crippen molar-refractivity contribution in [2.24, 2.45) is 0 Å². The number of rotatable bonds is 10. The first kappa shape index (κ1) is 27.6. The van der Waals surface area contributed by atoms with Crippen LogP contribution >= 0.6 is 11.6 Å². The second-order valence-corrected chi connectivity index (χ2v) is 8.35. The van der Waals surface area contributed by atoms with Crippen LogP contribution in [-0.4, -0.2) is 77.7 Å². The first-order chi connectivity index (χ1) is 16.5. The SMILES string of the molecule is COc1cc(NC(C)=O)c(Cl)cc1C(=O)N[C@@H](C)C(=O)N1CCCC1C(=O)N[C@H](C=O)CC(=O)O. The number of aldehydes is 1. The molecule has 0 spiro atoms. The maximum atomic E-state index is 13.0. The summed E-state index contributed by atoms with van der Waals surface area (Å²) >= 11 is 6.16. The number of aliphatic carboxylic acids is 1. The van der Waals surface area contributed by atoms with Gasteiger partial charge in [0.05, 0.1) is 35.8 Å². The van der Waals surface area contributed by atoms with Crippen LogP contribution in [0.25, 0.3) is 0 Å². The number of amides is 4. The highest BCUT2D eigenvalue weighted by Gasteiger charge is 2.37. The summed E-state index contributed by atoms with van der Waals surface area (Å²) in [6.07, 6.45) is 0.591. The lowest BCUT2D eigenvalue weighted by Gasteiger charge is -2.28. The van der Waals surface area contributed by atoms with E-state index in [0.717, 1.165) is 0 Å². The molecule has 13 heteroatoms. The van der Waals surface area contributed by atoms with Crippen LogP contribution < -0.4 is 20.7 Å². The van der Waals surface area contributed by atoms with Crippen molar-refractivity contribution in [2.45, 2.75) is 51.2 Å². The van der Waals surface area contributed by atoms with Crippen LogP contribution in [0.5, 0.6) is 5.75 Å². The zero-order valence-electron chi connectivity index (χ0n) is 19.4. The molecular weight excluding hydrogens is 484 g/mol. The molecule has 1 unspecified atom stereocenters. The van der Waals surface area contributed by atoms with Crippen molar-refractivity contribution < 1.29 is 38.6 Å². The molecule has 1 aromatic carbocycles. The summed E-state index contributed by atoms with van der Waals surface area (Å²) in [5, 5.41) is 16.3. The van der Waals surface area contributed by atoms with E-state index in [1.54, 1.807) is 0 Å². The van der Waals surface area contributed by atoms with Gasteiger partial charge in [-0.15, -0.1) is 0 Å². The van der Waals surface area contributed by atoms with E-state index in [0.29, 0.717) is 19.1 Å². The Morgan fingerprint density at radius 2 is 1.94 bits per heavy atom. The van der Waals surface area contributed by atoms with Crippen LogP contribution in [0.15, 0.2) is 12.1 Å². The summed E-state index contributed by atoms with van der Waals surface area (Å²) in [5.74, 6) is -3.34. The predicted octanol–water partition coefficient (Wildman–Crippen LogP) is 0.575. The molecule has 1 heterocycles. The summed E-state index contributed by atoms with van der Waals surface area (Å²) in [6.45, 7) is 3.00. The number of hydrogen-bond acceptors (Lipinski definition) is 7. The van der Waals surface area contributed by atoms with Gasteiger partial charge < -0.3 is 35.5 Å². The van der Waals surface area contributed by atoms with E-state index < -0.39 is 48.2 Å². The van der Waals surface area contributed by atoms with Gasteiger partial charge in [-0.3, -0.25) is 24.0 Å². The van der Waals surface area contributed by atoms with E-state index in [1.165, 1.54) is 38.0 Å². The Bertz CT molecular complexity index is 1030. The van der Waals surface area contributed by atoms with Crippen molar-refractivity contribution in [3.05, 3.63) is 22.7 Å². The molecule has 190 valence electrons. The number of carboxylic acids is 1. The molecule has 0 bridgehead atoms. The van der Waals surface area contributed by atoms with Gasteiger partial charge in [-0.05, 0) is 25.8 Å². The van der Waals surface area contributed by atoms with Crippen LogP contribution in [0, 0.1) is 0 Å². The molecule has 4 amide bonds. The van der Waals surface area contributed by atoms with Crippen LogP contribution in [0.4, 0.5) is 5.69 Å². The largest absolute Gasteiger partial charge is 0.496 e. The molecule has 4 N–H and O–H groups in total. The third-order valence-corrected chi connectivity index (χ3v) is 5.60. The maximum Gasteiger partial charge on any atom is 0.305 e. The topological polar surface area (TPSA) is 171 Å². The predicted molar refractivity (Wildman–Crippen MR) is 124 cm³/mol. The standard InChI is InChI=1S/C22H27ClN4O8/c1-11(24-20(32)14-8-15(23)16(25-12(2)29)9-18(14)35-3)22(34)27-6-4-5-17(27)21(33)26-13(10-28)7-19(30)31/h8-11,13,17H,4-7H2,1-3H3,(H,24,32)(H,25,29)(H,26,33)(H,30,31)/t11-,13-,17?/m0/s1.